The van der Waals surface area contributed by atoms with Gasteiger partial charge < -0.3 is 0 Å². The molecule has 1 rings (SSSR count). The summed E-state index contributed by atoms with van der Waals surface area (Å²) in [6, 6.07) is 0. The van der Waals surface area contributed by atoms with Gasteiger partial charge in [-0.05, 0) is 0 Å². The van der Waals surface area contributed by atoms with Gasteiger partial charge in [0.1, 0.15) is 0 Å². The van der Waals surface area contributed by atoms with E-state index in [1.54, 1.807) is 0 Å². The van der Waals surface area contributed by atoms with Crippen molar-refractivity contribution in [2.75, 3.05) is 6.54 Å². The molecule has 1 aliphatic rings. The zero-order chi connectivity index (χ0) is 4.41. The highest BCUT2D eigenvalue weighted by molar-refractivity contribution is 7.93. The lowest BCUT2D eigenvalue weighted by Gasteiger charge is -1.69. The molecule has 0 bridgehead atoms. The molecule has 1 N–H and O–H groups in total. The number of nitrogens with one attached hydrogen (secondary N) is 1. The molecule has 2 nitrogen and oxygen atoms in total. The lowest BCUT2D eigenvalue weighted by atomic mass is 10.8. The number of carbonyl (C=O) groups is 1. The van der Waals surface area contributed by atoms with Crippen molar-refractivity contribution >= 4 is 22.0 Å². The van der Waals surface area contributed by atoms with E-state index in [9.17, 15) is 4.79 Å². The van der Waals surface area contributed by atoms with Gasteiger partial charge in [-0.25, -0.2) is 4.79 Å². The van der Waals surface area contributed by atoms with Crippen LogP contribution in [0, 0.1) is 0 Å². The largest absolute Gasteiger partial charge is 0.505 e. The molecule has 1 aliphatic heterocycles. The summed E-state index contributed by atoms with van der Waals surface area (Å²) in [5, 5.41) is 4.49. The van der Waals surface area contributed by atoms with Gasteiger partial charge in [0.05, 0.1) is 6.54 Å². The minimum Gasteiger partial charge on any atom is -0.294 e. The number of hydrogen-bond acceptors (Lipinski definition) is 1. The quantitative estimate of drug-likeness (QED) is 0.327. The van der Waals surface area contributed by atoms with Crippen LogP contribution in [-0.2, 0) is 11.4 Å². The Hall–Kier alpha value is -0.440. The molecule has 0 aromatic carbocycles. The van der Waals surface area contributed by atoms with Crippen molar-refractivity contribution in [1.82, 2.24) is 5.32 Å². The minimum absolute atomic E-state index is 0.0648. The van der Waals surface area contributed by atoms with Crippen molar-refractivity contribution in [2.45, 2.75) is 0 Å². The summed E-state index contributed by atoms with van der Waals surface area (Å²) in [6.45, 7) is 0.726. The summed E-state index contributed by atoms with van der Waals surface area (Å²) in [5.41, 5.74) is 0. The molecule has 0 aromatic heterocycles. The Labute approximate surface area is 39.5 Å². The molecule has 0 spiro atoms. The molecule has 0 aliphatic carbocycles. The molecule has 0 unspecified atom stereocenters. The van der Waals surface area contributed by atoms with E-state index in [2.05, 4.69) is 5.32 Å². The fraction of sp³-hybridized carbons (Fsp3) is 0.333. The van der Waals surface area contributed by atoms with Crippen molar-refractivity contribution in [3.8, 4) is 0 Å². The van der Waals surface area contributed by atoms with Gasteiger partial charge in [-0.2, -0.15) is 0 Å². The summed E-state index contributed by atoms with van der Waals surface area (Å²) in [5.74, 6) is 0. The standard InChI is InChI=1S/C3H3NOS/c5-3-4-1-2-6-3/h2H,1H2/p+1. The summed E-state index contributed by atoms with van der Waals surface area (Å²) >= 11 is 1.22. The van der Waals surface area contributed by atoms with Crippen LogP contribution in [-0.4, -0.2) is 17.2 Å². The second-order valence-electron chi connectivity index (χ2n) is 0.953. The third-order valence-electron chi connectivity index (χ3n) is 0.520. The van der Waals surface area contributed by atoms with E-state index in [0.717, 1.165) is 6.54 Å². The summed E-state index contributed by atoms with van der Waals surface area (Å²) in [7, 11) is 0. The van der Waals surface area contributed by atoms with Crippen LogP contribution in [0.15, 0.2) is 0 Å². The first kappa shape index (κ1) is 3.74. The van der Waals surface area contributed by atoms with Crippen molar-refractivity contribution in [1.29, 1.82) is 0 Å². The van der Waals surface area contributed by atoms with E-state index >= 15 is 0 Å². The Morgan fingerprint density at radius 1 is 2.00 bits per heavy atom. The molecule has 6 heavy (non-hydrogen) atoms. The minimum atomic E-state index is 0.0648. The molecular formula is C3H4NOS+. The molecule has 1 heterocycles. The van der Waals surface area contributed by atoms with Crippen LogP contribution in [0.5, 0.6) is 0 Å². The van der Waals surface area contributed by atoms with Gasteiger partial charge in [0.15, 0.2) is 5.37 Å². The average Bonchev–Trinajstić information content (AvgIpc) is 1.86. The second-order valence-corrected chi connectivity index (χ2v) is 1.89. The Bertz CT molecular complexity index is 99.0. The zero-order valence-electron chi connectivity index (χ0n) is 3.10. The lowest BCUT2D eigenvalue weighted by Crippen LogP contribution is -2.13. The Morgan fingerprint density at radius 2 is 2.83 bits per heavy atom. The highest BCUT2D eigenvalue weighted by Gasteiger charge is 2.15. The van der Waals surface area contributed by atoms with Crippen LogP contribution in [0.3, 0.4) is 0 Å². The number of hydrogen-bond donors (Lipinski definition) is 1. The second kappa shape index (κ2) is 1.34. The smallest absolute Gasteiger partial charge is 0.294 e. The van der Waals surface area contributed by atoms with Gasteiger partial charge >= 0.3 is 5.24 Å². The van der Waals surface area contributed by atoms with Crippen molar-refractivity contribution < 1.29 is 4.79 Å². The van der Waals surface area contributed by atoms with Crippen LogP contribution in [0.4, 0.5) is 4.79 Å². The van der Waals surface area contributed by atoms with Gasteiger partial charge in [0.25, 0.3) is 11.4 Å². The van der Waals surface area contributed by atoms with Crippen LogP contribution in [0.2, 0.25) is 0 Å². The Kier molecular flexibility index (Phi) is 0.837. The van der Waals surface area contributed by atoms with E-state index in [0.29, 0.717) is 0 Å². The summed E-state index contributed by atoms with van der Waals surface area (Å²) < 4.78 is 0. The van der Waals surface area contributed by atoms with Crippen LogP contribution in [0.25, 0.3) is 0 Å². The molecule has 0 saturated carbocycles. The van der Waals surface area contributed by atoms with Gasteiger partial charge in [-0.15, -0.1) is 0 Å². The lowest BCUT2D eigenvalue weighted by molar-refractivity contribution is 0.262. The fourth-order valence-corrected chi connectivity index (χ4v) is 0.769. The number of rotatable bonds is 0. The van der Waals surface area contributed by atoms with Crippen molar-refractivity contribution in [3.63, 3.8) is 0 Å². The van der Waals surface area contributed by atoms with Crippen LogP contribution >= 0.6 is 0 Å². The van der Waals surface area contributed by atoms with Gasteiger partial charge in [0.2, 0.25) is 0 Å². The Balaban J connectivity index is 2.59. The summed E-state index contributed by atoms with van der Waals surface area (Å²) in [4.78, 5) is 10.1. The van der Waals surface area contributed by atoms with E-state index in [1.807, 2.05) is 5.37 Å². The predicted octanol–water partition coefficient (Wildman–Crippen LogP) is -0.406. The van der Waals surface area contributed by atoms with E-state index in [1.165, 1.54) is 11.4 Å². The van der Waals surface area contributed by atoms with Gasteiger partial charge in [-0.1, -0.05) is 0 Å². The van der Waals surface area contributed by atoms with Crippen LogP contribution < -0.4 is 5.32 Å². The SMILES string of the molecule is O=C1NCC=[S+]1. The molecule has 0 fully saturated rings. The highest BCUT2D eigenvalue weighted by Crippen LogP contribution is 1.71. The number of amides is 1. The van der Waals surface area contributed by atoms with E-state index in [4.69, 9.17) is 0 Å². The molecule has 0 atom stereocenters. The first-order chi connectivity index (χ1) is 2.89. The summed E-state index contributed by atoms with van der Waals surface area (Å²) in [6.07, 6.45) is 0. The third-order valence-corrected chi connectivity index (χ3v) is 1.21. The maximum Gasteiger partial charge on any atom is 0.505 e. The molecule has 0 saturated heterocycles. The Morgan fingerprint density at radius 3 is 3.00 bits per heavy atom. The first-order valence-corrected chi connectivity index (χ1v) is 2.54. The van der Waals surface area contributed by atoms with Crippen molar-refractivity contribution in [3.05, 3.63) is 0 Å². The number of carbonyl (C=O) groups excluding carboxylic acids is 1. The maximum atomic E-state index is 10.1. The van der Waals surface area contributed by atoms with Crippen molar-refractivity contribution in [2.24, 2.45) is 0 Å². The van der Waals surface area contributed by atoms with E-state index < -0.39 is 0 Å². The molecular weight excluding hydrogens is 98.1 g/mol. The normalized spacial score (nSPS) is 18.3. The fourth-order valence-electron chi connectivity index (χ4n) is 0.284. The van der Waals surface area contributed by atoms with Gasteiger partial charge in [-0.3, -0.25) is 5.32 Å². The topological polar surface area (TPSA) is 29.1 Å². The third kappa shape index (κ3) is 0.542. The van der Waals surface area contributed by atoms with Gasteiger partial charge in [0, 0.05) is 0 Å². The molecule has 1 amide bonds. The molecule has 0 radical (unpaired) electrons. The highest BCUT2D eigenvalue weighted by atomic mass is 32.1. The maximum absolute atomic E-state index is 10.1. The van der Waals surface area contributed by atoms with E-state index in [-0.39, 0.29) is 5.24 Å². The first-order valence-electron chi connectivity index (χ1n) is 1.66. The molecule has 32 valence electrons. The monoisotopic (exact) mass is 102 g/mol. The molecule has 0 aromatic rings. The predicted molar refractivity (Wildman–Crippen MR) is 26.8 cm³/mol. The molecule has 3 heteroatoms. The zero-order valence-corrected chi connectivity index (χ0v) is 3.92. The average molecular weight is 102 g/mol. The van der Waals surface area contributed by atoms with Crippen LogP contribution in [0.1, 0.15) is 0 Å².